The van der Waals surface area contributed by atoms with Crippen molar-refractivity contribution in [2.75, 3.05) is 18.9 Å². The number of halogens is 2. The summed E-state index contributed by atoms with van der Waals surface area (Å²) in [5, 5.41) is 9.43. The predicted molar refractivity (Wildman–Crippen MR) is 74.8 cm³/mol. The van der Waals surface area contributed by atoms with Gasteiger partial charge in [-0.25, -0.2) is 0 Å². The molecule has 0 spiro atoms. The molecule has 1 aromatic carbocycles. The van der Waals surface area contributed by atoms with E-state index in [-0.39, 0.29) is 12.5 Å². The Hall–Kier alpha value is -1.04. The van der Waals surface area contributed by atoms with Crippen molar-refractivity contribution >= 4 is 52.1 Å². The number of nitrogens with one attached hydrogen (secondary N) is 3. The van der Waals surface area contributed by atoms with E-state index >= 15 is 0 Å². The van der Waals surface area contributed by atoms with Crippen LogP contribution in [0.15, 0.2) is 18.2 Å². The van der Waals surface area contributed by atoms with Crippen molar-refractivity contribution in [3.05, 3.63) is 28.2 Å². The first-order chi connectivity index (χ1) is 8.01. The predicted octanol–water partition coefficient (Wildman–Crippen LogP) is 2.03. The Bertz CT molecular complexity index is 419. The summed E-state index contributed by atoms with van der Waals surface area (Å²) in [5.41, 5.74) is 0.664. The van der Waals surface area contributed by atoms with E-state index in [1.54, 1.807) is 25.2 Å². The van der Waals surface area contributed by atoms with E-state index in [0.717, 1.165) is 0 Å². The van der Waals surface area contributed by atoms with Gasteiger partial charge in [0.1, 0.15) is 0 Å². The van der Waals surface area contributed by atoms with Crippen LogP contribution >= 0.6 is 35.4 Å². The maximum atomic E-state index is 11.0. The van der Waals surface area contributed by atoms with E-state index in [9.17, 15) is 4.79 Å². The third-order valence-corrected chi connectivity index (χ3v) is 2.49. The fourth-order valence-corrected chi connectivity index (χ4v) is 1.77. The summed E-state index contributed by atoms with van der Waals surface area (Å²) >= 11 is 16.7. The summed E-state index contributed by atoms with van der Waals surface area (Å²) in [4.78, 5) is 11.0. The van der Waals surface area contributed by atoms with Gasteiger partial charge in [-0.15, -0.1) is 0 Å². The van der Waals surface area contributed by atoms with Gasteiger partial charge in [0.05, 0.1) is 6.54 Å². The van der Waals surface area contributed by atoms with Crippen LogP contribution in [0, 0.1) is 0 Å². The van der Waals surface area contributed by atoms with Crippen LogP contribution in [0.2, 0.25) is 10.0 Å². The Labute approximate surface area is 115 Å². The molecular weight excluding hydrogens is 281 g/mol. The molecule has 1 amide bonds. The Morgan fingerprint density at radius 2 is 1.88 bits per heavy atom. The average molecular weight is 292 g/mol. The van der Waals surface area contributed by atoms with Gasteiger partial charge in [-0.3, -0.25) is 4.79 Å². The minimum absolute atomic E-state index is 0.108. The van der Waals surface area contributed by atoms with Gasteiger partial charge in [0.25, 0.3) is 0 Å². The molecule has 4 nitrogen and oxygen atoms in total. The van der Waals surface area contributed by atoms with Crippen molar-refractivity contribution in [1.82, 2.24) is 10.6 Å². The van der Waals surface area contributed by atoms with Crippen molar-refractivity contribution in [2.45, 2.75) is 0 Å². The fourth-order valence-electron chi connectivity index (χ4n) is 1.05. The molecule has 0 heterocycles. The lowest BCUT2D eigenvalue weighted by Crippen LogP contribution is -2.37. The zero-order chi connectivity index (χ0) is 12.8. The van der Waals surface area contributed by atoms with Crippen LogP contribution in [0.1, 0.15) is 0 Å². The highest BCUT2D eigenvalue weighted by molar-refractivity contribution is 7.80. The smallest absolute Gasteiger partial charge is 0.239 e. The van der Waals surface area contributed by atoms with Gasteiger partial charge in [-0.05, 0) is 30.4 Å². The highest BCUT2D eigenvalue weighted by Crippen LogP contribution is 2.22. The number of amides is 1. The van der Waals surface area contributed by atoms with Crippen LogP contribution in [0.5, 0.6) is 0 Å². The molecule has 0 radical (unpaired) electrons. The van der Waals surface area contributed by atoms with Crippen LogP contribution in [0.4, 0.5) is 5.69 Å². The molecule has 0 saturated heterocycles. The molecule has 0 aliphatic carbocycles. The number of carbonyl (C=O) groups is 1. The van der Waals surface area contributed by atoms with E-state index in [2.05, 4.69) is 16.0 Å². The normalized spacial score (nSPS) is 9.59. The van der Waals surface area contributed by atoms with E-state index in [4.69, 9.17) is 35.4 Å². The van der Waals surface area contributed by atoms with Gasteiger partial charge in [0.2, 0.25) is 5.91 Å². The van der Waals surface area contributed by atoms with Crippen molar-refractivity contribution in [3.63, 3.8) is 0 Å². The molecule has 1 rings (SSSR count). The molecule has 0 aliphatic rings. The van der Waals surface area contributed by atoms with E-state index in [1.165, 1.54) is 0 Å². The van der Waals surface area contributed by atoms with Crippen molar-refractivity contribution in [1.29, 1.82) is 0 Å². The van der Waals surface area contributed by atoms with Crippen molar-refractivity contribution in [3.8, 4) is 0 Å². The van der Waals surface area contributed by atoms with E-state index < -0.39 is 0 Å². The summed E-state index contributed by atoms with van der Waals surface area (Å²) in [6.07, 6.45) is 0. The number of hydrogen-bond acceptors (Lipinski definition) is 2. The summed E-state index contributed by atoms with van der Waals surface area (Å²) in [7, 11) is 1.55. The zero-order valence-electron chi connectivity index (χ0n) is 9.01. The largest absolute Gasteiger partial charge is 0.358 e. The Morgan fingerprint density at radius 3 is 2.41 bits per heavy atom. The second kappa shape index (κ2) is 6.64. The maximum absolute atomic E-state index is 11.0. The molecule has 1 aromatic rings. The Morgan fingerprint density at radius 1 is 1.29 bits per heavy atom. The molecule has 92 valence electrons. The molecular formula is C10H11Cl2N3OS. The molecule has 0 atom stereocenters. The third-order valence-electron chi connectivity index (χ3n) is 1.81. The highest BCUT2D eigenvalue weighted by atomic mass is 35.5. The molecule has 7 heteroatoms. The first-order valence-corrected chi connectivity index (χ1v) is 5.89. The van der Waals surface area contributed by atoms with Crippen LogP contribution in [-0.2, 0) is 4.79 Å². The van der Waals surface area contributed by atoms with Gasteiger partial charge in [0.15, 0.2) is 5.11 Å². The molecule has 3 N–H and O–H groups in total. The minimum atomic E-state index is -0.154. The highest BCUT2D eigenvalue weighted by Gasteiger charge is 2.02. The van der Waals surface area contributed by atoms with Crippen LogP contribution in [-0.4, -0.2) is 24.6 Å². The maximum Gasteiger partial charge on any atom is 0.239 e. The minimum Gasteiger partial charge on any atom is -0.358 e. The first-order valence-electron chi connectivity index (χ1n) is 4.73. The second-order valence-electron chi connectivity index (χ2n) is 3.14. The summed E-state index contributed by atoms with van der Waals surface area (Å²) in [5.74, 6) is -0.154. The number of hydrogen-bond donors (Lipinski definition) is 3. The Kier molecular flexibility index (Phi) is 5.47. The fraction of sp³-hybridized carbons (Fsp3) is 0.200. The van der Waals surface area contributed by atoms with Crippen molar-refractivity contribution in [2.24, 2.45) is 0 Å². The molecule has 0 fully saturated rings. The number of likely N-dealkylation sites (N-methyl/N-ethyl adjacent to an activating group) is 1. The lowest BCUT2D eigenvalue weighted by atomic mass is 10.3. The second-order valence-corrected chi connectivity index (χ2v) is 4.42. The molecule has 0 bridgehead atoms. The molecule has 0 aromatic heterocycles. The van der Waals surface area contributed by atoms with E-state index in [0.29, 0.717) is 20.8 Å². The van der Waals surface area contributed by atoms with Gasteiger partial charge in [-0.1, -0.05) is 23.2 Å². The number of carbonyl (C=O) groups excluding carboxylic acids is 1. The topological polar surface area (TPSA) is 53.2 Å². The van der Waals surface area contributed by atoms with Gasteiger partial charge >= 0.3 is 0 Å². The van der Waals surface area contributed by atoms with E-state index in [1.807, 2.05) is 0 Å². The Balaban J connectivity index is 2.53. The van der Waals surface area contributed by atoms with Crippen molar-refractivity contribution < 1.29 is 4.79 Å². The van der Waals surface area contributed by atoms with Gasteiger partial charge in [0, 0.05) is 22.8 Å². The number of rotatable bonds is 3. The summed E-state index contributed by atoms with van der Waals surface area (Å²) < 4.78 is 0. The molecule has 0 unspecified atom stereocenters. The lowest BCUT2D eigenvalue weighted by Gasteiger charge is -2.10. The molecule has 0 aliphatic heterocycles. The molecule has 0 saturated carbocycles. The van der Waals surface area contributed by atoms with Crippen LogP contribution in [0.25, 0.3) is 0 Å². The van der Waals surface area contributed by atoms with Gasteiger partial charge < -0.3 is 16.0 Å². The van der Waals surface area contributed by atoms with Crippen LogP contribution in [0.3, 0.4) is 0 Å². The zero-order valence-corrected chi connectivity index (χ0v) is 11.3. The van der Waals surface area contributed by atoms with Gasteiger partial charge in [-0.2, -0.15) is 0 Å². The lowest BCUT2D eigenvalue weighted by molar-refractivity contribution is -0.119. The average Bonchev–Trinajstić information content (AvgIpc) is 2.24. The number of thiocarbonyl (C=S) groups is 1. The number of benzene rings is 1. The quantitative estimate of drug-likeness (QED) is 0.746. The monoisotopic (exact) mass is 291 g/mol. The third kappa shape index (κ3) is 5.21. The molecule has 17 heavy (non-hydrogen) atoms. The summed E-state index contributed by atoms with van der Waals surface area (Å²) in [6.45, 7) is 0.108. The standard InChI is InChI=1S/C10H11Cl2N3OS/c1-13-9(16)5-14-10(17)15-8-3-6(11)2-7(12)4-8/h2-4H,5H2,1H3,(H,13,16)(H2,14,15,17). The first kappa shape index (κ1) is 14.0. The van der Waals surface area contributed by atoms with Crippen LogP contribution < -0.4 is 16.0 Å². The SMILES string of the molecule is CNC(=O)CNC(=S)Nc1cc(Cl)cc(Cl)c1. The summed E-state index contributed by atoms with van der Waals surface area (Å²) in [6, 6.07) is 4.98. The number of anilines is 1.